The van der Waals surface area contributed by atoms with Crippen molar-refractivity contribution in [1.82, 2.24) is 0 Å². The summed E-state index contributed by atoms with van der Waals surface area (Å²) in [4.78, 5) is 24.6. The average molecular weight is 381 g/mol. The monoisotopic (exact) mass is 380 g/mol. The molecule has 0 radical (unpaired) electrons. The molecular weight excluding hydrogens is 340 g/mol. The molecule has 2 rings (SSSR count). The first-order valence-corrected chi connectivity index (χ1v) is 11.4. The molecule has 0 N–H and O–H groups in total. The summed E-state index contributed by atoms with van der Waals surface area (Å²) in [7, 11) is 0. The van der Waals surface area contributed by atoms with E-state index in [2.05, 4.69) is 13.8 Å². The highest BCUT2D eigenvalue weighted by atomic mass is 16.5. The van der Waals surface area contributed by atoms with Crippen LogP contribution in [0, 0.1) is 17.8 Å². The summed E-state index contributed by atoms with van der Waals surface area (Å²) in [6, 6.07) is 0. The fourth-order valence-corrected chi connectivity index (χ4v) is 4.31. The highest BCUT2D eigenvalue weighted by molar-refractivity contribution is 5.75. The maximum absolute atomic E-state index is 12.3. The highest BCUT2D eigenvalue weighted by Gasteiger charge is 2.32. The van der Waals surface area contributed by atoms with Crippen molar-refractivity contribution in [2.24, 2.45) is 17.8 Å². The standard InChI is InChI=1S/C23H40O4/c1-18(2)10-6-3-4-9-17-26-22(24)19-13-15-20(16-14-19)23(25)27-21-11-7-5-8-12-21/h18-21H,3-17H2,1-2H3. The fourth-order valence-electron chi connectivity index (χ4n) is 4.31. The van der Waals surface area contributed by atoms with Crippen LogP contribution in [-0.2, 0) is 19.1 Å². The molecule has 0 heterocycles. The molecule has 0 amide bonds. The van der Waals surface area contributed by atoms with Crippen LogP contribution in [-0.4, -0.2) is 24.6 Å². The molecule has 0 spiro atoms. The predicted molar refractivity (Wildman–Crippen MR) is 107 cm³/mol. The van der Waals surface area contributed by atoms with Crippen LogP contribution in [0.2, 0.25) is 0 Å². The minimum atomic E-state index is -0.0590. The van der Waals surface area contributed by atoms with Crippen LogP contribution in [0.4, 0.5) is 0 Å². The van der Waals surface area contributed by atoms with Crippen LogP contribution in [0.25, 0.3) is 0 Å². The average Bonchev–Trinajstić information content (AvgIpc) is 2.67. The van der Waals surface area contributed by atoms with Crippen molar-refractivity contribution in [2.75, 3.05) is 6.61 Å². The van der Waals surface area contributed by atoms with Gasteiger partial charge in [-0.1, -0.05) is 46.0 Å². The summed E-state index contributed by atoms with van der Waals surface area (Å²) in [5.41, 5.74) is 0. The van der Waals surface area contributed by atoms with Crippen LogP contribution in [0.15, 0.2) is 0 Å². The highest BCUT2D eigenvalue weighted by Crippen LogP contribution is 2.31. The Morgan fingerprint density at radius 3 is 2.00 bits per heavy atom. The van der Waals surface area contributed by atoms with Gasteiger partial charge in [0.1, 0.15) is 6.10 Å². The van der Waals surface area contributed by atoms with E-state index in [1.54, 1.807) is 0 Å². The minimum Gasteiger partial charge on any atom is -0.465 e. The Bertz CT molecular complexity index is 432. The number of unbranched alkanes of at least 4 members (excludes halogenated alkanes) is 3. The molecule has 4 heteroatoms. The second-order valence-corrected chi connectivity index (χ2v) is 9.01. The lowest BCUT2D eigenvalue weighted by molar-refractivity contribution is -0.159. The van der Waals surface area contributed by atoms with E-state index in [-0.39, 0.29) is 29.9 Å². The molecule has 27 heavy (non-hydrogen) atoms. The summed E-state index contributed by atoms with van der Waals surface area (Å²) < 4.78 is 11.2. The van der Waals surface area contributed by atoms with Crippen molar-refractivity contribution in [1.29, 1.82) is 0 Å². The van der Waals surface area contributed by atoms with Crippen LogP contribution in [0.1, 0.15) is 104 Å². The number of esters is 2. The van der Waals surface area contributed by atoms with Crippen molar-refractivity contribution in [3.05, 3.63) is 0 Å². The third-order valence-corrected chi connectivity index (χ3v) is 6.15. The van der Waals surface area contributed by atoms with E-state index in [4.69, 9.17) is 9.47 Å². The summed E-state index contributed by atoms with van der Waals surface area (Å²) in [6.45, 7) is 5.06. The fraction of sp³-hybridized carbons (Fsp3) is 0.913. The lowest BCUT2D eigenvalue weighted by Gasteiger charge is -2.28. The number of ether oxygens (including phenoxy) is 2. The van der Waals surface area contributed by atoms with E-state index in [9.17, 15) is 9.59 Å². The van der Waals surface area contributed by atoms with Crippen LogP contribution in [0.3, 0.4) is 0 Å². The zero-order chi connectivity index (χ0) is 19.5. The molecule has 4 nitrogen and oxygen atoms in total. The van der Waals surface area contributed by atoms with Gasteiger partial charge in [0, 0.05) is 0 Å². The molecule has 0 unspecified atom stereocenters. The Balaban J connectivity index is 1.53. The summed E-state index contributed by atoms with van der Waals surface area (Å²) >= 11 is 0. The van der Waals surface area contributed by atoms with Crippen LogP contribution >= 0.6 is 0 Å². The van der Waals surface area contributed by atoms with Gasteiger partial charge < -0.3 is 9.47 Å². The van der Waals surface area contributed by atoms with Gasteiger partial charge in [0.2, 0.25) is 0 Å². The maximum Gasteiger partial charge on any atom is 0.309 e. The Labute approximate surface area is 165 Å². The zero-order valence-electron chi connectivity index (χ0n) is 17.5. The first-order chi connectivity index (χ1) is 13.1. The van der Waals surface area contributed by atoms with E-state index < -0.39 is 0 Å². The van der Waals surface area contributed by atoms with Crippen molar-refractivity contribution in [3.63, 3.8) is 0 Å². The molecule has 2 aliphatic rings. The third kappa shape index (κ3) is 8.66. The lowest BCUT2D eigenvalue weighted by Crippen LogP contribution is -2.31. The van der Waals surface area contributed by atoms with E-state index in [1.165, 1.54) is 38.5 Å². The van der Waals surface area contributed by atoms with Gasteiger partial charge in [-0.2, -0.15) is 0 Å². The molecule has 156 valence electrons. The number of hydrogen-bond donors (Lipinski definition) is 0. The molecule has 2 aliphatic carbocycles. The molecule has 2 saturated carbocycles. The molecule has 0 saturated heterocycles. The Hall–Kier alpha value is -1.06. The van der Waals surface area contributed by atoms with E-state index in [1.807, 2.05) is 0 Å². The van der Waals surface area contributed by atoms with Crippen molar-refractivity contribution in [3.8, 4) is 0 Å². The van der Waals surface area contributed by atoms with E-state index >= 15 is 0 Å². The second kappa shape index (κ2) is 12.4. The molecule has 0 bridgehead atoms. The van der Waals surface area contributed by atoms with Crippen LogP contribution in [0.5, 0.6) is 0 Å². The molecule has 0 atom stereocenters. The van der Waals surface area contributed by atoms with Crippen molar-refractivity contribution >= 4 is 11.9 Å². The quantitative estimate of drug-likeness (QED) is 0.354. The van der Waals surface area contributed by atoms with Gasteiger partial charge in [-0.25, -0.2) is 0 Å². The second-order valence-electron chi connectivity index (χ2n) is 9.01. The van der Waals surface area contributed by atoms with E-state index in [0.29, 0.717) is 6.61 Å². The first kappa shape index (κ1) is 22.2. The van der Waals surface area contributed by atoms with Gasteiger partial charge in [-0.15, -0.1) is 0 Å². The predicted octanol–water partition coefficient (Wildman–Crippen LogP) is 5.82. The molecule has 0 aromatic rings. The molecule has 0 aromatic heterocycles. The number of hydrogen-bond acceptors (Lipinski definition) is 4. The Morgan fingerprint density at radius 2 is 1.37 bits per heavy atom. The zero-order valence-corrected chi connectivity index (χ0v) is 17.5. The SMILES string of the molecule is CC(C)CCCCCCOC(=O)C1CCC(C(=O)OC2CCCCC2)CC1. The normalized spacial score (nSPS) is 24.0. The summed E-state index contributed by atoms with van der Waals surface area (Å²) in [6.07, 6.45) is 14.7. The first-order valence-electron chi connectivity index (χ1n) is 11.4. The maximum atomic E-state index is 12.3. The third-order valence-electron chi connectivity index (χ3n) is 6.15. The van der Waals surface area contributed by atoms with Gasteiger partial charge in [0.25, 0.3) is 0 Å². The van der Waals surface area contributed by atoms with Crippen molar-refractivity contribution in [2.45, 2.75) is 110 Å². The smallest absolute Gasteiger partial charge is 0.309 e. The molecule has 2 fully saturated rings. The minimum absolute atomic E-state index is 0.0167. The molecular formula is C23H40O4. The van der Waals surface area contributed by atoms with Crippen molar-refractivity contribution < 1.29 is 19.1 Å². The van der Waals surface area contributed by atoms with Gasteiger partial charge >= 0.3 is 11.9 Å². The van der Waals surface area contributed by atoms with Gasteiger partial charge in [0.15, 0.2) is 0 Å². The molecule has 0 aromatic carbocycles. The van der Waals surface area contributed by atoms with Gasteiger partial charge in [-0.3, -0.25) is 9.59 Å². The van der Waals surface area contributed by atoms with E-state index in [0.717, 1.165) is 57.3 Å². The largest absolute Gasteiger partial charge is 0.465 e. The van der Waals surface area contributed by atoms with Crippen LogP contribution < -0.4 is 0 Å². The summed E-state index contributed by atoms with van der Waals surface area (Å²) in [5, 5.41) is 0. The number of rotatable bonds is 10. The summed E-state index contributed by atoms with van der Waals surface area (Å²) in [5.74, 6) is 0.644. The number of carbonyl (C=O) groups excluding carboxylic acids is 2. The molecule has 0 aliphatic heterocycles. The topological polar surface area (TPSA) is 52.6 Å². The number of carbonyl (C=O) groups is 2. The Morgan fingerprint density at radius 1 is 0.778 bits per heavy atom. The van der Waals surface area contributed by atoms with Gasteiger partial charge in [-0.05, 0) is 63.7 Å². The Kier molecular flexibility index (Phi) is 10.2. The lowest BCUT2D eigenvalue weighted by atomic mass is 9.82. The van der Waals surface area contributed by atoms with Gasteiger partial charge in [0.05, 0.1) is 18.4 Å².